The van der Waals surface area contributed by atoms with Gasteiger partial charge in [0.05, 0.1) is 0 Å². The molecule has 4 heteroatoms. The normalized spacial score (nSPS) is 21.0. The molecule has 0 bridgehead atoms. The van der Waals surface area contributed by atoms with Crippen LogP contribution in [-0.4, -0.2) is 15.4 Å². The van der Waals surface area contributed by atoms with E-state index in [0.29, 0.717) is 11.8 Å². The lowest BCUT2D eigenvalue weighted by atomic mass is 9.69. The van der Waals surface area contributed by atoms with Crippen molar-refractivity contribution < 1.29 is 9.90 Å². The highest BCUT2D eigenvalue weighted by Gasteiger charge is 2.32. The molecule has 0 radical (unpaired) electrons. The Morgan fingerprint density at radius 1 is 0.786 bits per heavy atom. The summed E-state index contributed by atoms with van der Waals surface area (Å²) in [5.41, 5.74) is 0.502. The minimum Gasteiger partial charge on any atom is -0.479 e. The number of hydrogen-bond donors (Lipinski definition) is 1. The minimum atomic E-state index is -1.61. The number of rotatable bonds is 14. The van der Waals surface area contributed by atoms with Crippen molar-refractivity contribution in [3.05, 3.63) is 0 Å². The van der Waals surface area contributed by atoms with Crippen LogP contribution in [0.3, 0.4) is 0 Å². The summed E-state index contributed by atoms with van der Waals surface area (Å²) in [5.74, 6) is 0.807. The Balaban J connectivity index is 1.86. The van der Waals surface area contributed by atoms with Gasteiger partial charge in [0.1, 0.15) is 0 Å². The van der Waals surface area contributed by atoms with Gasteiger partial charge in [0.25, 0.3) is 0 Å². The van der Waals surface area contributed by atoms with E-state index in [0.717, 1.165) is 31.1 Å². The van der Waals surface area contributed by atoms with E-state index in [9.17, 15) is 4.79 Å². The second kappa shape index (κ2) is 13.4. The van der Waals surface area contributed by atoms with Crippen LogP contribution < -0.4 is 0 Å². The highest BCUT2D eigenvalue weighted by Crippen LogP contribution is 2.41. The van der Waals surface area contributed by atoms with Crippen molar-refractivity contribution in [2.24, 2.45) is 17.3 Å². The first-order valence-corrected chi connectivity index (χ1v) is 12.5. The molecule has 1 rings (SSSR count). The second-order valence-corrected chi connectivity index (χ2v) is 11.7. The Bertz CT molecular complexity index is 421. The molecule has 0 aromatic heterocycles. The fourth-order valence-electron chi connectivity index (χ4n) is 4.62. The SMILES string of the molecule is CC(C)(C)C1CCC(CCCCCCCCCCCCC(Cl)(Cl)C(=O)O)CC1. The van der Waals surface area contributed by atoms with E-state index in [1.165, 1.54) is 77.0 Å². The Labute approximate surface area is 184 Å². The molecule has 1 saturated carbocycles. The number of hydrogen-bond acceptors (Lipinski definition) is 1. The lowest BCUT2D eigenvalue weighted by Gasteiger charge is -2.37. The van der Waals surface area contributed by atoms with Crippen LogP contribution in [0.4, 0.5) is 0 Å². The number of carbonyl (C=O) groups is 1. The van der Waals surface area contributed by atoms with Gasteiger partial charge in [-0.15, -0.1) is 0 Å². The molecular weight excluding hydrogens is 391 g/mol. The number of unbranched alkanes of at least 4 members (excludes halogenated alkanes) is 9. The highest BCUT2D eigenvalue weighted by molar-refractivity contribution is 6.57. The first-order chi connectivity index (χ1) is 13.1. The van der Waals surface area contributed by atoms with Crippen LogP contribution in [0.1, 0.15) is 124 Å². The Morgan fingerprint density at radius 3 is 1.64 bits per heavy atom. The van der Waals surface area contributed by atoms with Gasteiger partial charge in [-0.2, -0.15) is 0 Å². The molecule has 1 aliphatic rings. The van der Waals surface area contributed by atoms with Crippen LogP contribution in [-0.2, 0) is 4.79 Å². The van der Waals surface area contributed by atoms with Crippen LogP contribution in [0.15, 0.2) is 0 Å². The van der Waals surface area contributed by atoms with E-state index in [1.807, 2.05) is 0 Å². The Hall–Kier alpha value is 0.0500. The average molecular weight is 436 g/mol. The van der Waals surface area contributed by atoms with Gasteiger partial charge in [0.2, 0.25) is 4.33 Å². The predicted octanol–water partition coefficient (Wildman–Crippen LogP) is 8.78. The van der Waals surface area contributed by atoms with Crippen molar-refractivity contribution in [2.45, 2.75) is 128 Å². The summed E-state index contributed by atoms with van der Waals surface area (Å²) in [6.07, 6.45) is 20.0. The smallest absolute Gasteiger partial charge is 0.340 e. The highest BCUT2D eigenvalue weighted by atomic mass is 35.5. The summed E-state index contributed by atoms with van der Waals surface area (Å²) in [6.45, 7) is 7.21. The monoisotopic (exact) mass is 434 g/mol. The maximum absolute atomic E-state index is 10.8. The first-order valence-electron chi connectivity index (χ1n) is 11.7. The molecule has 2 nitrogen and oxygen atoms in total. The van der Waals surface area contributed by atoms with Gasteiger partial charge in [0.15, 0.2) is 0 Å². The van der Waals surface area contributed by atoms with Gasteiger partial charge >= 0.3 is 5.97 Å². The number of alkyl halides is 2. The maximum Gasteiger partial charge on any atom is 0.340 e. The van der Waals surface area contributed by atoms with Crippen LogP contribution in [0.25, 0.3) is 0 Å². The minimum absolute atomic E-state index is 0.337. The predicted molar refractivity (Wildman–Crippen MR) is 122 cm³/mol. The molecule has 0 heterocycles. The summed E-state index contributed by atoms with van der Waals surface area (Å²) < 4.78 is -1.61. The van der Waals surface area contributed by atoms with Crippen molar-refractivity contribution in [3.8, 4) is 0 Å². The van der Waals surface area contributed by atoms with Crippen molar-refractivity contribution in [1.29, 1.82) is 0 Å². The fraction of sp³-hybridized carbons (Fsp3) is 0.958. The van der Waals surface area contributed by atoms with E-state index in [2.05, 4.69) is 20.8 Å². The lowest BCUT2D eigenvalue weighted by Crippen LogP contribution is -2.25. The first kappa shape index (κ1) is 26.1. The maximum atomic E-state index is 10.8. The van der Waals surface area contributed by atoms with Crippen LogP contribution in [0, 0.1) is 17.3 Å². The molecule has 0 saturated heterocycles. The molecule has 0 aliphatic heterocycles. The zero-order valence-corrected chi connectivity index (χ0v) is 20.1. The summed E-state index contributed by atoms with van der Waals surface area (Å²) >= 11 is 11.5. The second-order valence-electron chi connectivity index (χ2n) is 10.2. The summed E-state index contributed by atoms with van der Waals surface area (Å²) in [4.78, 5) is 10.8. The van der Waals surface area contributed by atoms with Gasteiger partial charge in [-0.1, -0.05) is 121 Å². The van der Waals surface area contributed by atoms with E-state index in [4.69, 9.17) is 28.3 Å². The van der Waals surface area contributed by atoms with Gasteiger partial charge < -0.3 is 5.11 Å². The summed E-state index contributed by atoms with van der Waals surface area (Å²) in [7, 11) is 0. The number of halogens is 2. The van der Waals surface area contributed by atoms with Crippen LogP contribution >= 0.6 is 23.2 Å². The zero-order valence-electron chi connectivity index (χ0n) is 18.6. The molecule has 1 N–H and O–H groups in total. The molecule has 166 valence electrons. The molecule has 0 spiro atoms. The largest absolute Gasteiger partial charge is 0.479 e. The number of carboxylic acids is 1. The molecule has 0 aromatic rings. The molecule has 0 unspecified atom stereocenters. The number of carboxylic acid groups (broad SMARTS) is 1. The Kier molecular flexibility index (Phi) is 12.5. The van der Waals surface area contributed by atoms with Crippen molar-refractivity contribution in [2.75, 3.05) is 0 Å². The third-order valence-electron chi connectivity index (χ3n) is 6.74. The summed E-state index contributed by atoms with van der Waals surface area (Å²) in [6, 6.07) is 0. The van der Waals surface area contributed by atoms with Crippen molar-refractivity contribution in [3.63, 3.8) is 0 Å². The molecule has 0 aromatic carbocycles. The number of aliphatic carboxylic acids is 1. The van der Waals surface area contributed by atoms with Crippen LogP contribution in [0.2, 0.25) is 0 Å². The van der Waals surface area contributed by atoms with Gasteiger partial charge in [-0.05, 0) is 42.9 Å². The molecule has 0 atom stereocenters. The molecule has 0 amide bonds. The van der Waals surface area contributed by atoms with E-state index >= 15 is 0 Å². The molecule has 1 fully saturated rings. The average Bonchev–Trinajstić information content (AvgIpc) is 2.62. The summed E-state index contributed by atoms with van der Waals surface area (Å²) in [5, 5.41) is 8.85. The fourth-order valence-corrected chi connectivity index (χ4v) is 4.89. The Morgan fingerprint density at radius 2 is 1.21 bits per heavy atom. The van der Waals surface area contributed by atoms with Crippen molar-refractivity contribution in [1.82, 2.24) is 0 Å². The van der Waals surface area contributed by atoms with Gasteiger partial charge in [-0.3, -0.25) is 0 Å². The molecular formula is C24H44Cl2O2. The van der Waals surface area contributed by atoms with E-state index in [-0.39, 0.29) is 0 Å². The standard InChI is InChI=1S/C24H44Cl2O2/c1-23(2,3)21-17-15-20(16-18-21)14-12-10-8-6-4-5-7-9-11-13-19-24(25,26)22(27)28/h20-21H,4-19H2,1-3H3,(H,27,28). The van der Waals surface area contributed by atoms with E-state index < -0.39 is 10.3 Å². The lowest BCUT2D eigenvalue weighted by molar-refractivity contribution is -0.138. The van der Waals surface area contributed by atoms with Crippen LogP contribution in [0.5, 0.6) is 0 Å². The van der Waals surface area contributed by atoms with Crippen molar-refractivity contribution >= 4 is 29.2 Å². The van der Waals surface area contributed by atoms with Gasteiger partial charge in [0, 0.05) is 0 Å². The topological polar surface area (TPSA) is 37.3 Å². The van der Waals surface area contributed by atoms with Gasteiger partial charge in [-0.25, -0.2) is 4.79 Å². The quantitative estimate of drug-likeness (QED) is 0.219. The third-order valence-corrected chi connectivity index (χ3v) is 7.44. The third kappa shape index (κ3) is 11.3. The van der Waals surface area contributed by atoms with E-state index in [1.54, 1.807) is 0 Å². The molecule has 1 aliphatic carbocycles. The molecule has 28 heavy (non-hydrogen) atoms. The zero-order chi connectivity index (χ0) is 21.0.